The van der Waals surface area contributed by atoms with Gasteiger partial charge in [0.25, 0.3) is 0 Å². The minimum Gasteiger partial charge on any atom is -0.293 e. The van der Waals surface area contributed by atoms with E-state index in [1.165, 1.54) is 0 Å². The zero-order chi connectivity index (χ0) is 8.74. The summed E-state index contributed by atoms with van der Waals surface area (Å²) < 4.78 is 32.7. The van der Waals surface area contributed by atoms with Gasteiger partial charge in [0.15, 0.2) is 0 Å². The van der Waals surface area contributed by atoms with E-state index in [9.17, 15) is 0 Å². The average Bonchev–Trinajstić information content (AvgIpc) is 1.88. The van der Waals surface area contributed by atoms with Crippen LogP contribution >= 0.6 is 0 Å². The molecule has 1 N–H and O–H groups in total. The topological polar surface area (TPSA) is 102 Å². The van der Waals surface area contributed by atoms with Crippen molar-refractivity contribution in [3.05, 3.63) is 12.2 Å². The van der Waals surface area contributed by atoms with Crippen LogP contribution in [-0.4, -0.2) is 17.4 Å². The van der Waals surface area contributed by atoms with E-state index < -0.39 is 10.2 Å². The molecular formula is C5H8ClNO4. The van der Waals surface area contributed by atoms with E-state index in [0.29, 0.717) is 0 Å². The highest BCUT2D eigenvalue weighted by atomic mass is 35.7. The molecule has 0 radical (unpaired) electrons. The normalized spacial score (nSPS) is 15.6. The second kappa shape index (κ2) is 5.22. The SMILES string of the molecule is C1=CCCN=C1.[O-][Cl+3]([O-])([O-])O. The number of allylic oxidation sites excluding steroid dienone is 1. The Labute approximate surface area is 66.0 Å². The van der Waals surface area contributed by atoms with Crippen molar-refractivity contribution in [1.82, 2.24) is 0 Å². The second-order valence-electron chi connectivity index (χ2n) is 1.67. The predicted molar refractivity (Wildman–Crippen MR) is 29.3 cm³/mol. The number of nitrogens with zero attached hydrogens (tertiary/aromatic N) is 1. The fraction of sp³-hybridized carbons (Fsp3) is 0.400. The lowest BCUT2D eigenvalue weighted by Gasteiger charge is -2.03. The summed E-state index contributed by atoms with van der Waals surface area (Å²) in [4.78, 5) is 3.97. The molecule has 0 amide bonds. The summed E-state index contributed by atoms with van der Waals surface area (Å²) in [6.45, 7) is 0.983. The van der Waals surface area contributed by atoms with Crippen molar-refractivity contribution in [2.45, 2.75) is 6.42 Å². The standard InChI is InChI=1S/C5H7N.ClHO4/c1-2-4-6-5-3-1;2-1(3,4)5/h1-2,4H,3,5H2;(H,2,3,4,5). The number of rotatable bonds is 0. The maximum absolute atomic E-state index is 8.60. The molecule has 0 fully saturated rings. The summed E-state index contributed by atoms with van der Waals surface area (Å²) in [7, 11) is -4.69. The first kappa shape index (κ1) is 10.5. The Balaban J connectivity index is 0.000000187. The van der Waals surface area contributed by atoms with Crippen LogP contribution in [0, 0.1) is 10.2 Å². The molecular weight excluding hydrogens is 174 g/mol. The summed E-state index contributed by atoms with van der Waals surface area (Å²) in [5.41, 5.74) is 0. The number of hydrogen-bond acceptors (Lipinski definition) is 5. The zero-order valence-corrected chi connectivity index (χ0v) is 6.40. The highest BCUT2D eigenvalue weighted by molar-refractivity contribution is 5.71. The third-order valence-corrected chi connectivity index (χ3v) is 0.752. The number of hydrogen-bond donors (Lipinski definition) is 1. The van der Waals surface area contributed by atoms with Gasteiger partial charge in [-0.1, -0.05) is 6.08 Å². The van der Waals surface area contributed by atoms with Gasteiger partial charge in [-0.3, -0.25) is 4.99 Å². The molecule has 0 atom stereocenters. The van der Waals surface area contributed by atoms with Gasteiger partial charge in [0.2, 0.25) is 0 Å². The average molecular weight is 182 g/mol. The van der Waals surface area contributed by atoms with Gasteiger partial charge in [-0.2, -0.15) is 14.0 Å². The van der Waals surface area contributed by atoms with Crippen LogP contribution in [0.3, 0.4) is 0 Å². The molecule has 0 saturated carbocycles. The van der Waals surface area contributed by atoms with Gasteiger partial charge in [0.1, 0.15) is 0 Å². The molecule has 0 aromatic carbocycles. The number of halogens is 1. The first-order valence-electron chi connectivity index (χ1n) is 2.78. The molecule has 64 valence electrons. The lowest BCUT2D eigenvalue weighted by atomic mass is 10.3. The summed E-state index contributed by atoms with van der Waals surface area (Å²) >= 11 is 0. The van der Waals surface area contributed by atoms with Crippen LogP contribution in [0.2, 0.25) is 0 Å². The Morgan fingerprint density at radius 2 is 1.91 bits per heavy atom. The molecule has 0 unspecified atom stereocenters. The Morgan fingerprint density at radius 3 is 2.00 bits per heavy atom. The Bertz CT molecular complexity index is 133. The smallest absolute Gasteiger partial charge is 0.0777 e. The van der Waals surface area contributed by atoms with Crippen LogP contribution in [0.5, 0.6) is 0 Å². The van der Waals surface area contributed by atoms with Crippen LogP contribution in [-0.2, 0) is 0 Å². The molecule has 1 aliphatic heterocycles. The minimum absolute atomic E-state index is 0.983. The van der Waals surface area contributed by atoms with E-state index >= 15 is 0 Å². The minimum atomic E-state index is -4.69. The third-order valence-electron chi connectivity index (χ3n) is 0.752. The highest BCUT2D eigenvalue weighted by Gasteiger charge is 1.98. The summed E-state index contributed by atoms with van der Waals surface area (Å²) in [5.74, 6) is 0. The van der Waals surface area contributed by atoms with E-state index in [0.717, 1.165) is 13.0 Å². The first-order chi connectivity index (χ1) is 5.00. The fourth-order valence-corrected chi connectivity index (χ4v) is 0.442. The van der Waals surface area contributed by atoms with Gasteiger partial charge < -0.3 is 0 Å². The van der Waals surface area contributed by atoms with Crippen molar-refractivity contribution in [3.8, 4) is 0 Å². The Morgan fingerprint density at radius 1 is 1.36 bits per heavy atom. The monoisotopic (exact) mass is 181 g/mol. The number of aliphatic imine (C=N–C) groups is 1. The van der Waals surface area contributed by atoms with Gasteiger partial charge in [-0.25, -0.2) is 0 Å². The second-order valence-corrected chi connectivity index (χ2v) is 2.46. The van der Waals surface area contributed by atoms with Crippen molar-refractivity contribution in [3.63, 3.8) is 0 Å². The molecule has 1 heterocycles. The molecule has 0 spiro atoms. The van der Waals surface area contributed by atoms with Gasteiger partial charge in [0, 0.05) is 12.8 Å². The largest absolute Gasteiger partial charge is 0.293 e. The lowest BCUT2D eigenvalue weighted by Crippen LogP contribution is -2.58. The first-order valence-corrected chi connectivity index (χ1v) is 4.05. The molecule has 0 aromatic heterocycles. The fourth-order valence-electron chi connectivity index (χ4n) is 0.442. The van der Waals surface area contributed by atoms with E-state index in [-0.39, 0.29) is 0 Å². The highest BCUT2D eigenvalue weighted by Crippen LogP contribution is 1.87. The van der Waals surface area contributed by atoms with E-state index in [2.05, 4.69) is 11.1 Å². The molecule has 1 rings (SSSR count). The van der Waals surface area contributed by atoms with Crippen molar-refractivity contribution in [2.24, 2.45) is 4.99 Å². The summed E-state index contributed by atoms with van der Waals surface area (Å²) in [6.07, 6.45) is 7.05. The van der Waals surface area contributed by atoms with Gasteiger partial charge in [-0.05, 0) is 12.5 Å². The number of dihydropyridines is 1. The van der Waals surface area contributed by atoms with E-state index in [1.54, 1.807) is 0 Å². The zero-order valence-electron chi connectivity index (χ0n) is 5.64. The van der Waals surface area contributed by atoms with Crippen LogP contribution < -0.4 is 14.0 Å². The van der Waals surface area contributed by atoms with Crippen molar-refractivity contribution in [1.29, 1.82) is 0 Å². The summed E-state index contributed by atoms with van der Waals surface area (Å²) in [6, 6.07) is 0. The van der Waals surface area contributed by atoms with Crippen molar-refractivity contribution < 1.29 is 28.9 Å². The summed E-state index contributed by atoms with van der Waals surface area (Å²) in [5, 5.41) is 0. The molecule has 0 aliphatic carbocycles. The molecule has 0 saturated heterocycles. The maximum atomic E-state index is 8.60. The van der Waals surface area contributed by atoms with Crippen LogP contribution in [0.4, 0.5) is 0 Å². The van der Waals surface area contributed by atoms with Crippen LogP contribution in [0.15, 0.2) is 17.1 Å². The van der Waals surface area contributed by atoms with Crippen molar-refractivity contribution >= 4 is 6.21 Å². The van der Waals surface area contributed by atoms with E-state index in [1.807, 2.05) is 12.3 Å². The van der Waals surface area contributed by atoms with Gasteiger partial charge in [0.05, 0.1) is 14.9 Å². The quantitative estimate of drug-likeness (QED) is 0.428. The Kier molecular flexibility index (Phi) is 5.01. The molecule has 1 aliphatic rings. The molecule has 0 aromatic rings. The lowest BCUT2D eigenvalue weighted by molar-refractivity contribution is -1.92. The van der Waals surface area contributed by atoms with Gasteiger partial charge in [-0.15, -0.1) is 0 Å². The maximum Gasteiger partial charge on any atom is 0.0777 e. The van der Waals surface area contributed by atoms with E-state index in [4.69, 9.17) is 18.6 Å². The molecule has 6 heteroatoms. The molecule has 11 heavy (non-hydrogen) atoms. The van der Waals surface area contributed by atoms with Gasteiger partial charge >= 0.3 is 0 Å². The molecule has 5 nitrogen and oxygen atoms in total. The van der Waals surface area contributed by atoms with Crippen LogP contribution in [0.1, 0.15) is 6.42 Å². The Hall–Kier alpha value is -0.460. The molecule has 0 bridgehead atoms. The van der Waals surface area contributed by atoms with Crippen molar-refractivity contribution in [2.75, 3.05) is 6.54 Å². The predicted octanol–water partition coefficient (Wildman–Crippen LogP) is -3.11. The third kappa shape index (κ3) is 17.7. The van der Waals surface area contributed by atoms with Crippen LogP contribution in [0.25, 0.3) is 0 Å².